The molecule has 2 nitrogen and oxygen atoms in total. The Morgan fingerprint density at radius 1 is 1.06 bits per heavy atom. The molecule has 0 spiro atoms. The monoisotopic (exact) mass is 240 g/mol. The molecular weight excluding hydrogens is 224 g/mol. The normalized spacial score (nSPS) is 10.1. The molecule has 0 fully saturated rings. The highest BCUT2D eigenvalue weighted by molar-refractivity contribution is 5.64. The minimum absolute atomic E-state index is 0.0248. The van der Waals surface area contributed by atoms with E-state index < -0.39 is 0 Å². The van der Waals surface area contributed by atoms with Gasteiger partial charge in [-0.25, -0.2) is 0 Å². The maximum atomic E-state index is 9.06. The smallest absolute Gasteiger partial charge is 0.119 e. The highest BCUT2D eigenvalue weighted by atomic mass is 16.5. The van der Waals surface area contributed by atoms with Gasteiger partial charge in [0.1, 0.15) is 12.4 Å². The second-order valence-electron chi connectivity index (χ2n) is 4.06. The zero-order chi connectivity index (χ0) is 12.8. The zero-order valence-corrected chi connectivity index (χ0v) is 10.2. The average molecular weight is 240 g/mol. The molecule has 0 bridgehead atoms. The van der Waals surface area contributed by atoms with Crippen LogP contribution in [0.5, 0.6) is 5.75 Å². The van der Waals surface area contributed by atoms with Crippen molar-refractivity contribution in [3.05, 3.63) is 72.3 Å². The van der Waals surface area contributed by atoms with E-state index in [-0.39, 0.29) is 6.61 Å². The summed E-state index contributed by atoms with van der Waals surface area (Å²) in [6.07, 6.45) is 0. The average Bonchev–Trinajstić information content (AvgIpc) is 2.45. The molecule has 0 saturated carbocycles. The molecule has 0 saturated heterocycles. The third-order valence-corrected chi connectivity index (χ3v) is 2.67. The molecule has 1 N–H and O–H groups in total. The fraction of sp³-hybridized carbons (Fsp3) is 0.125. The van der Waals surface area contributed by atoms with Crippen LogP contribution in [0.15, 0.2) is 61.2 Å². The summed E-state index contributed by atoms with van der Waals surface area (Å²) in [5, 5.41) is 9.06. The van der Waals surface area contributed by atoms with Crippen LogP contribution in [0.4, 0.5) is 0 Å². The standard InChI is InChI=1S/C16H16O2/c1-13(11-17)15-7-5-6-14(10-15)12-18-16-8-3-2-4-9-16/h2-10,17H,1,11-12H2. The van der Waals surface area contributed by atoms with Gasteiger partial charge < -0.3 is 9.84 Å². The molecule has 0 atom stereocenters. The van der Waals surface area contributed by atoms with Crippen molar-refractivity contribution in [2.45, 2.75) is 6.61 Å². The molecule has 0 unspecified atom stereocenters. The van der Waals surface area contributed by atoms with Crippen LogP contribution in [0.2, 0.25) is 0 Å². The largest absolute Gasteiger partial charge is 0.489 e. The molecule has 18 heavy (non-hydrogen) atoms. The fourth-order valence-electron chi connectivity index (χ4n) is 1.66. The molecule has 0 aliphatic carbocycles. The highest BCUT2D eigenvalue weighted by Gasteiger charge is 2.00. The molecule has 0 radical (unpaired) electrons. The van der Waals surface area contributed by atoms with Crippen molar-refractivity contribution in [2.24, 2.45) is 0 Å². The van der Waals surface area contributed by atoms with Crippen LogP contribution in [0.25, 0.3) is 5.57 Å². The van der Waals surface area contributed by atoms with Gasteiger partial charge in [0.25, 0.3) is 0 Å². The van der Waals surface area contributed by atoms with Crippen LogP contribution < -0.4 is 4.74 Å². The minimum Gasteiger partial charge on any atom is -0.489 e. The maximum absolute atomic E-state index is 9.06. The number of aliphatic hydroxyl groups excluding tert-OH is 1. The Hall–Kier alpha value is -2.06. The second-order valence-corrected chi connectivity index (χ2v) is 4.06. The van der Waals surface area contributed by atoms with Gasteiger partial charge in [0.05, 0.1) is 6.61 Å². The van der Waals surface area contributed by atoms with E-state index in [0.29, 0.717) is 6.61 Å². The van der Waals surface area contributed by atoms with Crippen LogP contribution in [0.1, 0.15) is 11.1 Å². The molecule has 0 heterocycles. The van der Waals surface area contributed by atoms with Gasteiger partial charge in [-0.3, -0.25) is 0 Å². The SMILES string of the molecule is C=C(CO)c1cccc(COc2ccccc2)c1. The zero-order valence-electron chi connectivity index (χ0n) is 10.2. The Kier molecular flexibility index (Phi) is 4.15. The molecule has 2 aromatic carbocycles. The van der Waals surface area contributed by atoms with Crippen LogP contribution in [-0.4, -0.2) is 11.7 Å². The topological polar surface area (TPSA) is 29.5 Å². The summed E-state index contributed by atoms with van der Waals surface area (Å²) in [6.45, 7) is 4.30. The lowest BCUT2D eigenvalue weighted by Gasteiger charge is -2.08. The Bertz CT molecular complexity index is 518. The van der Waals surface area contributed by atoms with E-state index in [2.05, 4.69) is 6.58 Å². The first-order valence-electron chi connectivity index (χ1n) is 5.85. The van der Waals surface area contributed by atoms with Crippen LogP contribution in [-0.2, 0) is 6.61 Å². The Labute approximate surface area is 107 Å². The molecule has 0 aliphatic rings. The van der Waals surface area contributed by atoms with Gasteiger partial charge in [0.2, 0.25) is 0 Å². The summed E-state index contributed by atoms with van der Waals surface area (Å²) in [6, 6.07) is 17.6. The number of para-hydroxylation sites is 1. The van der Waals surface area contributed by atoms with E-state index in [1.165, 1.54) is 0 Å². The molecule has 0 amide bonds. The van der Waals surface area contributed by atoms with Crippen molar-refractivity contribution >= 4 is 5.57 Å². The highest BCUT2D eigenvalue weighted by Crippen LogP contribution is 2.16. The Balaban J connectivity index is 2.04. The van der Waals surface area contributed by atoms with Crippen molar-refractivity contribution in [1.29, 1.82) is 0 Å². The number of hydrogen-bond donors (Lipinski definition) is 1. The van der Waals surface area contributed by atoms with Gasteiger partial charge in [-0.05, 0) is 34.9 Å². The first kappa shape index (κ1) is 12.4. The van der Waals surface area contributed by atoms with Crippen molar-refractivity contribution < 1.29 is 9.84 Å². The Morgan fingerprint density at radius 3 is 2.56 bits per heavy atom. The molecule has 2 rings (SSSR count). The summed E-state index contributed by atoms with van der Waals surface area (Å²) < 4.78 is 5.67. The minimum atomic E-state index is -0.0248. The summed E-state index contributed by atoms with van der Waals surface area (Å²) in [5.74, 6) is 0.851. The van der Waals surface area contributed by atoms with Gasteiger partial charge >= 0.3 is 0 Å². The molecule has 0 aliphatic heterocycles. The van der Waals surface area contributed by atoms with Gasteiger partial charge in [0, 0.05) is 0 Å². The summed E-state index contributed by atoms with van der Waals surface area (Å²) in [7, 11) is 0. The summed E-state index contributed by atoms with van der Waals surface area (Å²) in [5.41, 5.74) is 2.73. The van der Waals surface area contributed by atoms with E-state index in [0.717, 1.165) is 22.4 Å². The lowest BCUT2D eigenvalue weighted by Crippen LogP contribution is -1.97. The van der Waals surface area contributed by atoms with Gasteiger partial charge in [0.15, 0.2) is 0 Å². The van der Waals surface area contributed by atoms with E-state index in [4.69, 9.17) is 9.84 Å². The van der Waals surface area contributed by atoms with Crippen molar-refractivity contribution in [3.8, 4) is 5.75 Å². The second kappa shape index (κ2) is 6.03. The lowest BCUT2D eigenvalue weighted by atomic mass is 10.1. The third-order valence-electron chi connectivity index (χ3n) is 2.67. The van der Waals surface area contributed by atoms with Gasteiger partial charge in [-0.1, -0.05) is 43.0 Å². The van der Waals surface area contributed by atoms with Crippen molar-refractivity contribution in [2.75, 3.05) is 6.61 Å². The van der Waals surface area contributed by atoms with E-state index in [1.807, 2.05) is 54.6 Å². The van der Waals surface area contributed by atoms with Gasteiger partial charge in [-0.2, -0.15) is 0 Å². The Morgan fingerprint density at radius 2 is 1.83 bits per heavy atom. The first-order valence-corrected chi connectivity index (χ1v) is 5.85. The quantitative estimate of drug-likeness (QED) is 0.869. The predicted molar refractivity (Wildman–Crippen MR) is 73.3 cm³/mol. The molecule has 2 aromatic rings. The summed E-state index contributed by atoms with van der Waals surface area (Å²) in [4.78, 5) is 0. The number of aliphatic hydroxyl groups is 1. The lowest BCUT2D eigenvalue weighted by molar-refractivity contribution is 0.306. The molecule has 2 heteroatoms. The van der Waals surface area contributed by atoms with Crippen molar-refractivity contribution in [1.82, 2.24) is 0 Å². The molecular formula is C16H16O2. The van der Waals surface area contributed by atoms with Crippen LogP contribution in [0.3, 0.4) is 0 Å². The van der Waals surface area contributed by atoms with E-state index in [1.54, 1.807) is 0 Å². The van der Waals surface area contributed by atoms with Crippen LogP contribution in [0, 0.1) is 0 Å². The van der Waals surface area contributed by atoms with Crippen molar-refractivity contribution in [3.63, 3.8) is 0 Å². The summed E-state index contributed by atoms with van der Waals surface area (Å²) >= 11 is 0. The van der Waals surface area contributed by atoms with Gasteiger partial charge in [-0.15, -0.1) is 0 Å². The number of rotatable bonds is 5. The third kappa shape index (κ3) is 3.22. The van der Waals surface area contributed by atoms with E-state index >= 15 is 0 Å². The number of hydrogen-bond acceptors (Lipinski definition) is 2. The molecule has 0 aromatic heterocycles. The predicted octanol–water partition coefficient (Wildman–Crippen LogP) is 3.27. The van der Waals surface area contributed by atoms with Crippen LogP contribution >= 0.6 is 0 Å². The van der Waals surface area contributed by atoms with E-state index in [9.17, 15) is 0 Å². The number of ether oxygens (including phenoxy) is 1. The molecule has 92 valence electrons. The number of benzene rings is 2. The first-order chi connectivity index (χ1) is 8.79. The maximum Gasteiger partial charge on any atom is 0.119 e. The fourth-order valence-corrected chi connectivity index (χ4v) is 1.66.